The molecule has 1 aromatic carbocycles. The quantitative estimate of drug-likeness (QED) is 0.820. The van der Waals surface area contributed by atoms with Crippen molar-refractivity contribution in [3.63, 3.8) is 0 Å². The molecule has 0 bridgehead atoms. The number of hydrogen-bond donors (Lipinski definition) is 2. The van der Waals surface area contributed by atoms with Gasteiger partial charge in [-0.1, -0.05) is 0 Å². The number of aryl methyl sites for hydroxylation is 1. The number of rotatable bonds is 5. The van der Waals surface area contributed by atoms with E-state index in [0.29, 0.717) is 37.2 Å². The molecule has 2 heterocycles. The van der Waals surface area contributed by atoms with E-state index in [1.807, 2.05) is 6.92 Å². The van der Waals surface area contributed by atoms with Crippen LogP contribution in [0.2, 0.25) is 0 Å². The number of ether oxygens (including phenoxy) is 2. The fourth-order valence-electron chi connectivity index (χ4n) is 2.44. The minimum Gasteiger partial charge on any atom is -0.423 e. The lowest BCUT2D eigenvalue weighted by Crippen LogP contribution is -2.43. The summed E-state index contributed by atoms with van der Waals surface area (Å²) >= 11 is 0. The van der Waals surface area contributed by atoms with Crippen LogP contribution in [0, 0.1) is 0 Å². The Bertz CT molecular complexity index is 760. The molecule has 0 aliphatic carbocycles. The van der Waals surface area contributed by atoms with Crippen molar-refractivity contribution in [1.82, 2.24) is 9.55 Å². The summed E-state index contributed by atoms with van der Waals surface area (Å²) in [6.07, 6.45) is -3.19. The molecule has 0 unspecified atom stereocenters. The molecule has 1 aliphatic rings. The summed E-state index contributed by atoms with van der Waals surface area (Å²) in [6.45, 7) is 3.62. The number of aromatic nitrogens is 2. The first-order valence-corrected chi connectivity index (χ1v) is 7.18. The van der Waals surface area contributed by atoms with Crippen LogP contribution in [-0.2, 0) is 16.1 Å². The lowest BCUT2D eigenvalue weighted by molar-refractivity contribution is -0.189. The first kappa shape index (κ1) is 15.5. The van der Waals surface area contributed by atoms with Crippen LogP contribution in [0.1, 0.15) is 13.3 Å². The third-order valence-electron chi connectivity index (χ3n) is 3.50. The van der Waals surface area contributed by atoms with Gasteiger partial charge in [-0.2, -0.15) is 8.78 Å². The fourth-order valence-corrected chi connectivity index (χ4v) is 2.44. The van der Waals surface area contributed by atoms with Gasteiger partial charge in [0.2, 0.25) is 5.95 Å². The maximum Gasteiger partial charge on any atom is 0.482 e. The van der Waals surface area contributed by atoms with E-state index in [1.54, 1.807) is 4.57 Å². The summed E-state index contributed by atoms with van der Waals surface area (Å²) in [5.41, 5.74) is 7.08. The van der Waals surface area contributed by atoms with Crippen LogP contribution in [0.5, 0.6) is 5.75 Å². The molecule has 1 aromatic heterocycles. The van der Waals surface area contributed by atoms with E-state index in [1.165, 1.54) is 12.1 Å². The van der Waals surface area contributed by atoms with Crippen LogP contribution in [0.3, 0.4) is 0 Å². The van der Waals surface area contributed by atoms with Crippen molar-refractivity contribution in [2.45, 2.75) is 26.0 Å². The Morgan fingerprint density at radius 3 is 3.00 bits per heavy atom. The molecule has 3 rings (SSSR count). The molecule has 0 radical (unpaired) electrons. The Hall–Kier alpha value is -2.42. The number of halogens is 2. The second-order valence-corrected chi connectivity index (χ2v) is 5.08. The van der Waals surface area contributed by atoms with Crippen molar-refractivity contribution in [2.75, 3.05) is 24.3 Å². The third kappa shape index (κ3) is 2.79. The molecule has 0 fully saturated rings. The number of alkyl halides is 2. The number of imidazole rings is 1. The lowest BCUT2D eigenvalue weighted by Gasteiger charge is -2.24. The summed E-state index contributed by atoms with van der Waals surface area (Å²) in [7, 11) is 0. The van der Waals surface area contributed by atoms with E-state index < -0.39 is 12.0 Å². The molecule has 7 nitrogen and oxygen atoms in total. The maximum absolute atomic E-state index is 13.4. The van der Waals surface area contributed by atoms with Gasteiger partial charge in [-0.05, 0) is 19.4 Å². The van der Waals surface area contributed by atoms with E-state index in [0.717, 1.165) is 0 Å². The first-order chi connectivity index (χ1) is 10.9. The van der Waals surface area contributed by atoms with Crippen molar-refractivity contribution in [3.8, 4) is 5.75 Å². The van der Waals surface area contributed by atoms with Crippen molar-refractivity contribution in [1.29, 1.82) is 0 Å². The van der Waals surface area contributed by atoms with Crippen molar-refractivity contribution in [3.05, 3.63) is 12.1 Å². The van der Waals surface area contributed by atoms with Gasteiger partial charge in [0, 0.05) is 25.8 Å². The van der Waals surface area contributed by atoms with Gasteiger partial charge >= 0.3 is 12.0 Å². The number of anilines is 2. The van der Waals surface area contributed by atoms with Crippen LogP contribution in [0.15, 0.2) is 12.1 Å². The minimum absolute atomic E-state index is 0.118. The standard InChI is InChI=1S/C14H16F2N4O3/c1-2-22-5-3-4-20-10-7-11-9(6-8(10)19-13(20)17)18-12(21)14(15,16)23-11/h6-7H,2-5H2,1H3,(H2,17,19)(H,18,21). The average molecular weight is 326 g/mol. The zero-order valence-corrected chi connectivity index (χ0v) is 12.4. The largest absolute Gasteiger partial charge is 0.482 e. The van der Waals surface area contributed by atoms with Gasteiger partial charge in [0.25, 0.3) is 0 Å². The summed E-state index contributed by atoms with van der Waals surface area (Å²) in [6, 6.07) is 2.87. The number of carbonyl (C=O) groups excluding carboxylic acids is 1. The summed E-state index contributed by atoms with van der Waals surface area (Å²) in [5.74, 6) is -1.36. The Balaban J connectivity index is 1.95. The molecule has 124 valence electrons. The molecular weight excluding hydrogens is 310 g/mol. The number of benzene rings is 1. The number of hydrogen-bond acceptors (Lipinski definition) is 5. The Morgan fingerprint density at radius 2 is 2.26 bits per heavy atom. The Morgan fingerprint density at radius 1 is 1.48 bits per heavy atom. The number of amides is 1. The highest BCUT2D eigenvalue weighted by Crippen LogP contribution is 2.38. The fraction of sp³-hybridized carbons (Fsp3) is 0.429. The third-order valence-corrected chi connectivity index (χ3v) is 3.50. The number of nitrogen functional groups attached to an aromatic ring is 1. The number of nitrogens with one attached hydrogen (secondary N) is 1. The first-order valence-electron chi connectivity index (χ1n) is 7.18. The molecule has 1 amide bonds. The highest BCUT2D eigenvalue weighted by atomic mass is 19.3. The monoisotopic (exact) mass is 326 g/mol. The second-order valence-electron chi connectivity index (χ2n) is 5.08. The summed E-state index contributed by atoms with van der Waals surface area (Å²) in [5, 5.41) is 2.11. The van der Waals surface area contributed by atoms with Crippen molar-refractivity contribution in [2.24, 2.45) is 0 Å². The van der Waals surface area contributed by atoms with E-state index in [9.17, 15) is 13.6 Å². The van der Waals surface area contributed by atoms with Crippen LogP contribution in [-0.4, -0.2) is 34.8 Å². The average Bonchev–Trinajstić information content (AvgIpc) is 2.77. The molecule has 0 saturated carbocycles. The van der Waals surface area contributed by atoms with Gasteiger partial charge in [-0.25, -0.2) is 4.98 Å². The van der Waals surface area contributed by atoms with Gasteiger partial charge in [0.1, 0.15) is 0 Å². The number of nitrogens with two attached hydrogens (primary N) is 1. The van der Waals surface area contributed by atoms with Crippen molar-refractivity contribution >= 4 is 28.6 Å². The van der Waals surface area contributed by atoms with E-state index in [-0.39, 0.29) is 17.4 Å². The molecule has 0 saturated heterocycles. The zero-order valence-electron chi connectivity index (χ0n) is 12.4. The van der Waals surface area contributed by atoms with Gasteiger partial charge in [-0.15, -0.1) is 0 Å². The summed E-state index contributed by atoms with van der Waals surface area (Å²) < 4.78 is 38.2. The van der Waals surface area contributed by atoms with Crippen LogP contribution in [0.25, 0.3) is 11.0 Å². The second kappa shape index (κ2) is 5.65. The van der Waals surface area contributed by atoms with Crippen LogP contribution in [0.4, 0.5) is 20.4 Å². The highest BCUT2D eigenvalue weighted by Gasteiger charge is 2.46. The lowest BCUT2D eigenvalue weighted by atomic mass is 10.2. The van der Waals surface area contributed by atoms with Gasteiger partial charge in [0.15, 0.2) is 5.75 Å². The predicted octanol–water partition coefficient (Wildman–Crippen LogP) is 1.97. The topological polar surface area (TPSA) is 91.4 Å². The van der Waals surface area contributed by atoms with Crippen molar-refractivity contribution < 1.29 is 23.0 Å². The number of nitrogens with zero attached hydrogens (tertiary/aromatic N) is 2. The van der Waals surface area contributed by atoms with E-state index in [4.69, 9.17) is 10.5 Å². The van der Waals surface area contributed by atoms with Crippen LogP contribution < -0.4 is 15.8 Å². The van der Waals surface area contributed by atoms with Crippen LogP contribution >= 0.6 is 0 Å². The summed E-state index contributed by atoms with van der Waals surface area (Å²) in [4.78, 5) is 15.4. The van der Waals surface area contributed by atoms with E-state index in [2.05, 4.69) is 15.0 Å². The van der Waals surface area contributed by atoms with Gasteiger partial charge in [0.05, 0.1) is 16.7 Å². The molecule has 23 heavy (non-hydrogen) atoms. The van der Waals surface area contributed by atoms with Gasteiger partial charge in [-0.3, -0.25) is 4.79 Å². The highest BCUT2D eigenvalue weighted by molar-refractivity contribution is 6.01. The predicted molar refractivity (Wildman–Crippen MR) is 79.5 cm³/mol. The molecule has 1 aliphatic heterocycles. The number of fused-ring (bicyclic) bond motifs is 2. The molecular formula is C14H16F2N4O3. The SMILES string of the molecule is CCOCCCn1c(N)nc2cc3c(cc21)OC(F)(F)C(=O)N3. The Kier molecular flexibility index (Phi) is 3.80. The normalized spacial score (nSPS) is 16.0. The molecule has 2 aromatic rings. The molecule has 0 atom stereocenters. The number of carbonyl (C=O) groups is 1. The van der Waals surface area contributed by atoms with Gasteiger partial charge < -0.3 is 25.1 Å². The molecule has 9 heteroatoms. The molecule has 0 spiro atoms. The maximum atomic E-state index is 13.4. The zero-order chi connectivity index (χ0) is 16.6. The Labute approximate surface area is 130 Å². The van der Waals surface area contributed by atoms with E-state index >= 15 is 0 Å². The minimum atomic E-state index is -3.90. The smallest absolute Gasteiger partial charge is 0.423 e. The molecule has 3 N–H and O–H groups in total.